The van der Waals surface area contributed by atoms with Gasteiger partial charge in [-0.2, -0.15) is 4.31 Å². The van der Waals surface area contributed by atoms with Gasteiger partial charge in [-0.15, -0.1) is 0 Å². The Kier molecular flexibility index (Phi) is 7.64. The molecule has 3 rings (SSSR count). The first kappa shape index (κ1) is 22.5. The van der Waals surface area contributed by atoms with Gasteiger partial charge in [-0.25, -0.2) is 8.42 Å². The minimum absolute atomic E-state index is 0.0634. The van der Waals surface area contributed by atoms with Crippen LogP contribution >= 0.6 is 0 Å². The van der Waals surface area contributed by atoms with Crippen molar-refractivity contribution in [2.75, 3.05) is 45.0 Å². The lowest BCUT2D eigenvalue weighted by molar-refractivity contribution is 0.0757. The molecule has 0 saturated carbocycles. The monoisotopic (exact) mass is 429 g/mol. The Balaban J connectivity index is 1.76. The van der Waals surface area contributed by atoms with Crippen LogP contribution in [0.4, 0.5) is 0 Å². The van der Waals surface area contributed by atoms with Gasteiger partial charge < -0.3 is 10.2 Å². The number of hydrogen-bond donors (Lipinski definition) is 1. The van der Waals surface area contributed by atoms with Crippen molar-refractivity contribution in [2.24, 2.45) is 0 Å². The topological polar surface area (TPSA) is 69.7 Å². The lowest BCUT2D eigenvalue weighted by Crippen LogP contribution is -2.48. The van der Waals surface area contributed by atoms with Crippen molar-refractivity contribution in [3.05, 3.63) is 71.3 Å². The first-order valence-electron chi connectivity index (χ1n) is 10.5. The molecule has 1 saturated heterocycles. The van der Waals surface area contributed by atoms with E-state index in [-0.39, 0.29) is 24.1 Å². The highest BCUT2D eigenvalue weighted by atomic mass is 32.2. The molecule has 162 valence electrons. The molecular weight excluding hydrogens is 398 g/mol. The van der Waals surface area contributed by atoms with Crippen molar-refractivity contribution in [1.82, 2.24) is 14.5 Å². The van der Waals surface area contributed by atoms with Crippen LogP contribution in [0.15, 0.2) is 54.6 Å². The molecule has 0 radical (unpaired) electrons. The maximum absolute atomic E-state index is 13.2. The van der Waals surface area contributed by atoms with E-state index >= 15 is 0 Å². The lowest BCUT2D eigenvalue weighted by Gasteiger charge is -2.30. The van der Waals surface area contributed by atoms with Crippen LogP contribution in [-0.4, -0.2) is 68.6 Å². The zero-order valence-electron chi connectivity index (χ0n) is 17.8. The highest BCUT2D eigenvalue weighted by molar-refractivity contribution is 7.89. The molecule has 1 fully saturated rings. The number of amides is 1. The molecule has 7 heteroatoms. The molecule has 30 heavy (non-hydrogen) atoms. The number of aryl methyl sites for hydroxylation is 1. The average Bonchev–Trinajstić information content (AvgIpc) is 2.77. The van der Waals surface area contributed by atoms with Crippen LogP contribution in [0.3, 0.4) is 0 Å². The SMILES string of the molecule is Cc1ccc(C(=O)N(CCS(=O)(=O)N2CCNCC2)CC(C)c2ccccc2)cc1. The summed E-state index contributed by atoms with van der Waals surface area (Å²) in [6.45, 7) is 6.97. The maximum Gasteiger partial charge on any atom is 0.253 e. The smallest absolute Gasteiger partial charge is 0.253 e. The van der Waals surface area contributed by atoms with Gasteiger partial charge in [-0.05, 0) is 30.5 Å². The summed E-state index contributed by atoms with van der Waals surface area (Å²) in [7, 11) is -3.40. The van der Waals surface area contributed by atoms with Gasteiger partial charge in [0, 0.05) is 44.8 Å². The molecule has 2 aromatic rings. The van der Waals surface area contributed by atoms with Crippen LogP contribution in [0, 0.1) is 6.92 Å². The van der Waals surface area contributed by atoms with Crippen molar-refractivity contribution >= 4 is 15.9 Å². The van der Waals surface area contributed by atoms with Crippen LogP contribution in [0.1, 0.15) is 34.3 Å². The van der Waals surface area contributed by atoms with Gasteiger partial charge in [0.25, 0.3) is 5.91 Å². The van der Waals surface area contributed by atoms with Crippen LogP contribution in [-0.2, 0) is 10.0 Å². The van der Waals surface area contributed by atoms with E-state index in [0.717, 1.165) is 11.1 Å². The number of piperazine rings is 1. The fraction of sp³-hybridized carbons (Fsp3) is 0.435. The van der Waals surface area contributed by atoms with E-state index in [2.05, 4.69) is 12.2 Å². The second kappa shape index (κ2) is 10.2. The van der Waals surface area contributed by atoms with Crippen LogP contribution < -0.4 is 5.32 Å². The van der Waals surface area contributed by atoms with Gasteiger partial charge in [0.2, 0.25) is 10.0 Å². The van der Waals surface area contributed by atoms with Crippen LogP contribution in [0.5, 0.6) is 0 Å². The number of sulfonamides is 1. The predicted molar refractivity (Wildman–Crippen MR) is 120 cm³/mol. The minimum Gasteiger partial charge on any atom is -0.337 e. The number of rotatable bonds is 8. The zero-order valence-corrected chi connectivity index (χ0v) is 18.6. The number of carbonyl (C=O) groups is 1. The Morgan fingerprint density at radius 1 is 1.07 bits per heavy atom. The molecule has 2 aromatic carbocycles. The molecule has 1 heterocycles. The van der Waals surface area contributed by atoms with Crippen molar-refractivity contribution in [3.63, 3.8) is 0 Å². The largest absolute Gasteiger partial charge is 0.337 e. The number of nitrogens with one attached hydrogen (secondary N) is 1. The van der Waals surface area contributed by atoms with Gasteiger partial charge in [0.1, 0.15) is 0 Å². The third-order valence-corrected chi connectivity index (χ3v) is 7.39. The molecule has 1 N–H and O–H groups in total. The van der Waals surface area contributed by atoms with Crippen molar-refractivity contribution < 1.29 is 13.2 Å². The third-order valence-electron chi connectivity index (χ3n) is 5.54. The first-order valence-corrected chi connectivity index (χ1v) is 12.1. The van der Waals surface area contributed by atoms with Gasteiger partial charge in [0.05, 0.1) is 5.75 Å². The molecule has 1 atom stereocenters. The number of carbonyl (C=O) groups excluding carboxylic acids is 1. The Morgan fingerprint density at radius 2 is 1.70 bits per heavy atom. The van der Waals surface area contributed by atoms with Gasteiger partial charge >= 0.3 is 0 Å². The Morgan fingerprint density at radius 3 is 2.33 bits per heavy atom. The molecular formula is C23H31N3O3S. The summed E-state index contributed by atoms with van der Waals surface area (Å²) >= 11 is 0. The Labute approximate surface area is 179 Å². The lowest BCUT2D eigenvalue weighted by atomic mass is 10.0. The third kappa shape index (κ3) is 5.90. The van der Waals surface area contributed by atoms with Gasteiger partial charge in [0.15, 0.2) is 0 Å². The molecule has 1 amide bonds. The first-order chi connectivity index (χ1) is 14.4. The summed E-state index contributed by atoms with van der Waals surface area (Å²) in [5.41, 5.74) is 2.79. The summed E-state index contributed by atoms with van der Waals surface area (Å²) in [4.78, 5) is 14.9. The van der Waals surface area contributed by atoms with E-state index in [9.17, 15) is 13.2 Å². The molecule has 1 unspecified atom stereocenters. The van der Waals surface area contributed by atoms with Crippen molar-refractivity contribution in [3.8, 4) is 0 Å². The normalized spacial score (nSPS) is 16.2. The van der Waals surface area contributed by atoms with E-state index in [4.69, 9.17) is 0 Å². The average molecular weight is 430 g/mol. The fourth-order valence-corrected chi connectivity index (χ4v) is 5.10. The Hall–Kier alpha value is -2.22. The molecule has 6 nitrogen and oxygen atoms in total. The van der Waals surface area contributed by atoms with Crippen molar-refractivity contribution in [1.29, 1.82) is 0 Å². The standard InChI is InChI=1S/C23H31N3O3S/c1-19-8-10-22(11-9-19)23(27)25(18-20(2)21-6-4-3-5-7-21)16-17-30(28,29)26-14-12-24-13-15-26/h3-11,20,24H,12-18H2,1-2H3. The van der Waals surface area contributed by atoms with Gasteiger partial charge in [-0.3, -0.25) is 4.79 Å². The van der Waals surface area contributed by atoms with E-state index in [1.54, 1.807) is 4.90 Å². The molecule has 0 aliphatic carbocycles. The minimum atomic E-state index is -3.40. The van der Waals surface area contributed by atoms with Gasteiger partial charge in [-0.1, -0.05) is 55.0 Å². The molecule has 0 bridgehead atoms. The zero-order chi connectivity index (χ0) is 21.6. The summed E-state index contributed by atoms with van der Waals surface area (Å²) in [6.07, 6.45) is 0. The predicted octanol–water partition coefficient (Wildman–Crippen LogP) is 2.48. The highest BCUT2D eigenvalue weighted by Crippen LogP contribution is 2.18. The fourth-order valence-electron chi connectivity index (χ4n) is 3.65. The second-order valence-corrected chi connectivity index (χ2v) is 9.98. The number of hydrogen-bond acceptors (Lipinski definition) is 4. The summed E-state index contributed by atoms with van der Waals surface area (Å²) in [6, 6.07) is 17.4. The van der Waals surface area contributed by atoms with Crippen LogP contribution in [0.2, 0.25) is 0 Å². The van der Waals surface area contributed by atoms with Crippen molar-refractivity contribution in [2.45, 2.75) is 19.8 Å². The Bertz CT molecular complexity index is 924. The van der Waals surface area contributed by atoms with E-state index in [1.807, 2.05) is 61.5 Å². The summed E-state index contributed by atoms with van der Waals surface area (Å²) < 4.78 is 27.1. The van der Waals surface area contributed by atoms with Crippen LogP contribution in [0.25, 0.3) is 0 Å². The number of benzene rings is 2. The van der Waals surface area contributed by atoms with E-state index < -0.39 is 10.0 Å². The number of nitrogens with zero attached hydrogens (tertiary/aromatic N) is 2. The maximum atomic E-state index is 13.2. The molecule has 1 aliphatic heterocycles. The summed E-state index contributed by atoms with van der Waals surface area (Å²) in [5.74, 6) is -0.0951. The summed E-state index contributed by atoms with van der Waals surface area (Å²) in [5, 5.41) is 3.17. The molecule has 0 aromatic heterocycles. The molecule has 1 aliphatic rings. The highest BCUT2D eigenvalue weighted by Gasteiger charge is 2.26. The van der Waals surface area contributed by atoms with E-state index in [0.29, 0.717) is 38.3 Å². The van der Waals surface area contributed by atoms with E-state index in [1.165, 1.54) is 4.31 Å². The second-order valence-electron chi connectivity index (χ2n) is 7.89. The molecule has 0 spiro atoms. The quantitative estimate of drug-likeness (QED) is 0.700.